The first kappa shape index (κ1) is 21.6. The van der Waals surface area contributed by atoms with Crippen LogP contribution in [0.3, 0.4) is 0 Å². The van der Waals surface area contributed by atoms with Crippen molar-refractivity contribution in [2.45, 2.75) is 58.3 Å². The Balaban J connectivity index is 2.14. The summed E-state index contributed by atoms with van der Waals surface area (Å²) in [6.07, 6.45) is 5.62. The van der Waals surface area contributed by atoms with Crippen molar-refractivity contribution in [3.8, 4) is 11.8 Å². The molecule has 1 atom stereocenters. The second kappa shape index (κ2) is 10.6. The number of fused-ring (bicyclic) bond motifs is 1. The third kappa shape index (κ3) is 5.27. The van der Waals surface area contributed by atoms with Gasteiger partial charge in [0.15, 0.2) is 0 Å². The van der Waals surface area contributed by atoms with Crippen LogP contribution in [0.25, 0.3) is 11.0 Å². The maximum atomic E-state index is 13.1. The fraction of sp³-hybridized carbons (Fsp3) is 0.333. The Labute approximate surface area is 178 Å². The fourth-order valence-corrected chi connectivity index (χ4v) is 3.77. The van der Waals surface area contributed by atoms with E-state index in [9.17, 15) is 9.59 Å². The molecule has 154 valence electrons. The maximum Gasteiger partial charge on any atom is 0.341 e. The largest absolute Gasteiger partial charge is 0.422 e. The molecule has 0 aliphatic heterocycles. The Morgan fingerprint density at radius 3 is 2.47 bits per heavy atom. The standard InChI is InChI=1S/C27H28O3/c1-3-4-5-6-7-11-17-23-22-16-12-13-18-25(22)30-27(29)26(23)24(19-20(2)28)21-14-9-8-10-15-21/h8-10,12-16,18,24H,3-7,19H2,1-2H3. The highest BCUT2D eigenvalue weighted by Gasteiger charge is 2.25. The van der Waals surface area contributed by atoms with Crippen molar-refractivity contribution in [1.29, 1.82) is 0 Å². The number of rotatable bonds is 8. The Hall–Kier alpha value is -3.12. The van der Waals surface area contributed by atoms with Crippen molar-refractivity contribution in [2.24, 2.45) is 0 Å². The van der Waals surface area contributed by atoms with Crippen LogP contribution < -0.4 is 5.63 Å². The van der Waals surface area contributed by atoms with Crippen LogP contribution in [-0.2, 0) is 4.79 Å². The number of Topliss-reactive ketones (excluding diaryl/α,β-unsaturated/α-hetero) is 1. The molecule has 0 spiro atoms. The van der Waals surface area contributed by atoms with Gasteiger partial charge in [0.25, 0.3) is 0 Å². The molecule has 1 aromatic heterocycles. The van der Waals surface area contributed by atoms with Crippen LogP contribution in [0.1, 0.15) is 75.0 Å². The average molecular weight is 401 g/mol. The van der Waals surface area contributed by atoms with Crippen molar-refractivity contribution in [3.05, 3.63) is 81.7 Å². The highest BCUT2D eigenvalue weighted by atomic mass is 16.4. The van der Waals surface area contributed by atoms with Gasteiger partial charge in [-0.3, -0.25) is 4.79 Å². The van der Waals surface area contributed by atoms with Gasteiger partial charge in [0, 0.05) is 29.7 Å². The summed E-state index contributed by atoms with van der Waals surface area (Å²) < 4.78 is 5.64. The highest BCUT2D eigenvalue weighted by Crippen LogP contribution is 2.31. The van der Waals surface area contributed by atoms with E-state index in [0.29, 0.717) is 16.7 Å². The number of benzene rings is 2. The smallest absolute Gasteiger partial charge is 0.341 e. The molecule has 3 rings (SSSR count). The van der Waals surface area contributed by atoms with Crippen LogP contribution in [0.15, 0.2) is 63.8 Å². The number of carbonyl (C=O) groups is 1. The SMILES string of the molecule is CCCCCCC#Cc1c(C(CC(C)=O)c2ccccc2)c(=O)oc2ccccc12. The Kier molecular flexibility index (Phi) is 7.63. The Morgan fingerprint density at radius 1 is 1.00 bits per heavy atom. The molecule has 1 heterocycles. The molecule has 0 N–H and O–H groups in total. The van der Waals surface area contributed by atoms with E-state index >= 15 is 0 Å². The molecular formula is C27H28O3. The van der Waals surface area contributed by atoms with Gasteiger partial charge in [-0.15, -0.1) is 0 Å². The zero-order valence-electron chi connectivity index (χ0n) is 17.7. The minimum absolute atomic E-state index is 0.0230. The predicted molar refractivity (Wildman–Crippen MR) is 122 cm³/mol. The van der Waals surface area contributed by atoms with Gasteiger partial charge in [0.05, 0.1) is 5.56 Å². The molecule has 0 aliphatic carbocycles. The van der Waals surface area contributed by atoms with Gasteiger partial charge in [0.2, 0.25) is 0 Å². The van der Waals surface area contributed by atoms with Gasteiger partial charge in [-0.1, -0.05) is 80.5 Å². The summed E-state index contributed by atoms with van der Waals surface area (Å²) in [5.41, 5.74) is 2.19. The van der Waals surface area contributed by atoms with Crippen LogP contribution in [0.5, 0.6) is 0 Å². The molecule has 1 unspecified atom stereocenters. The molecule has 0 saturated heterocycles. The maximum absolute atomic E-state index is 13.1. The van der Waals surface area contributed by atoms with E-state index in [4.69, 9.17) is 4.42 Å². The number of hydrogen-bond acceptors (Lipinski definition) is 3. The van der Waals surface area contributed by atoms with Crippen molar-refractivity contribution in [3.63, 3.8) is 0 Å². The summed E-state index contributed by atoms with van der Waals surface area (Å²) in [5, 5.41) is 0.817. The molecule has 0 saturated carbocycles. The normalized spacial score (nSPS) is 11.7. The van der Waals surface area contributed by atoms with Gasteiger partial charge in [-0.25, -0.2) is 4.79 Å². The summed E-state index contributed by atoms with van der Waals surface area (Å²) in [7, 11) is 0. The summed E-state index contributed by atoms with van der Waals surface area (Å²) in [6.45, 7) is 3.74. The first-order valence-corrected chi connectivity index (χ1v) is 10.7. The van der Waals surface area contributed by atoms with Crippen LogP contribution in [-0.4, -0.2) is 5.78 Å². The molecule has 0 radical (unpaired) electrons. The predicted octanol–water partition coefficient (Wildman–Crippen LogP) is 6.23. The molecule has 3 nitrogen and oxygen atoms in total. The van der Waals surface area contributed by atoms with Gasteiger partial charge in [0.1, 0.15) is 11.4 Å². The van der Waals surface area contributed by atoms with Gasteiger partial charge >= 0.3 is 5.63 Å². The zero-order chi connectivity index (χ0) is 21.3. The van der Waals surface area contributed by atoms with Gasteiger partial charge in [-0.05, 0) is 31.0 Å². The van der Waals surface area contributed by atoms with Crippen molar-refractivity contribution in [2.75, 3.05) is 0 Å². The van der Waals surface area contributed by atoms with Crippen molar-refractivity contribution in [1.82, 2.24) is 0 Å². The van der Waals surface area contributed by atoms with Crippen LogP contribution in [0.4, 0.5) is 0 Å². The summed E-state index contributed by atoms with van der Waals surface area (Å²) >= 11 is 0. The molecule has 3 heteroatoms. The third-order valence-corrected chi connectivity index (χ3v) is 5.26. The molecule has 30 heavy (non-hydrogen) atoms. The van der Waals surface area contributed by atoms with E-state index in [1.54, 1.807) is 13.0 Å². The molecule has 0 fully saturated rings. The van der Waals surface area contributed by atoms with Crippen molar-refractivity contribution < 1.29 is 9.21 Å². The highest BCUT2D eigenvalue weighted by molar-refractivity contribution is 5.85. The molecular weight excluding hydrogens is 372 g/mol. The van der Waals surface area contributed by atoms with Crippen LogP contribution >= 0.6 is 0 Å². The second-order valence-electron chi connectivity index (χ2n) is 7.66. The lowest BCUT2D eigenvalue weighted by Gasteiger charge is -2.18. The zero-order valence-corrected chi connectivity index (χ0v) is 17.7. The number of para-hydroxylation sites is 1. The quantitative estimate of drug-likeness (QED) is 0.256. The molecule has 2 aromatic carbocycles. The monoisotopic (exact) mass is 400 g/mol. The van der Waals surface area contributed by atoms with E-state index in [-0.39, 0.29) is 18.1 Å². The lowest BCUT2D eigenvalue weighted by atomic mass is 9.85. The number of hydrogen-bond donors (Lipinski definition) is 0. The first-order valence-electron chi connectivity index (χ1n) is 10.7. The Morgan fingerprint density at radius 2 is 1.73 bits per heavy atom. The first-order chi connectivity index (χ1) is 14.6. The number of ketones is 1. The second-order valence-corrected chi connectivity index (χ2v) is 7.66. The Bertz CT molecular complexity index is 1110. The minimum atomic E-state index is -0.418. The van der Waals surface area contributed by atoms with Crippen LogP contribution in [0, 0.1) is 11.8 Å². The fourth-order valence-electron chi connectivity index (χ4n) is 3.77. The van der Waals surface area contributed by atoms with E-state index in [2.05, 4.69) is 18.8 Å². The summed E-state index contributed by atoms with van der Waals surface area (Å²) in [6, 6.07) is 17.1. The third-order valence-electron chi connectivity index (χ3n) is 5.26. The summed E-state index contributed by atoms with van der Waals surface area (Å²) in [4.78, 5) is 25.2. The van der Waals surface area contributed by atoms with Crippen LogP contribution in [0.2, 0.25) is 0 Å². The van der Waals surface area contributed by atoms with E-state index in [0.717, 1.165) is 30.2 Å². The van der Waals surface area contributed by atoms with Gasteiger partial charge in [-0.2, -0.15) is 0 Å². The minimum Gasteiger partial charge on any atom is -0.422 e. The van der Waals surface area contributed by atoms with E-state index < -0.39 is 5.63 Å². The molecule has 0 amide bonds. The van der Waals surface area contributed by atoms with E-state index in [1.165, 1.54) is 12.8 Å². The van der Waals surface area contributed by atoms with E-state index in [1.807, 2.05) is 48.5 Å². The number of unbranched alkanes of at least 4 members (excludes halogenated alkanes) is 4. The summed E-state index contributed by atoms with van der Waals surface area (Å²) in [5.74, 6) is 6.18. The number of carbonyl (C=O) groups excluding carboxylic acids is 1. The molecule has 3 aromatic rings. The van der Waals surface area contributed by atoms with Crippen molar-refractivity contribution >= 4 is 16.8 Å². The average Bonchev–Trinajstić information content (AvgIpc) is 2.75. The lowest BCUT2D eigenvalue weighted by Crippen LogP contribution is -2.18. The van der Waals surface area contributed by atoms with Gasteiger partial charge < -0.3 is 4.42 Å². The molecule has 0 bridgehead atoms. The lowest BCUT2D eigenvalue weighted by molar-refractivity contribution is -0.117. The molecule has 0 aliphatic rings. The topological polar surface area (TPSA) is 47.3 Å².